The molecule has 0 aliphatic heterocycles. The van der Waals surface area contributed by atoms with Gasteiger partial charge in [-0.25, -0.2) is 14.6 Å². The molecule has 1 rings (SSSR count). The molecule has 2 amide bonds. The van der Waals surface area contributed by atoms with E-state index in [1.165, 1.54) is 16.2 Å². The van der Waals surface area contributed by atoms with Crippen molar-refractivity contribution in [3.05, 3.63) is 16.1 Å². The van der Waals surface area contributed by atoms with Gasteiger partial charge in [0.05, 0.1) is 13.2 Å². The molecule has 0 spiro atoms. The number of carbonyl (C=O) groups is 2. The Bertz CT molecular complexity index is 471. The van der Waals surface area contributed by atoms with E-state index in [0.29, 0.717) is 18.8 Å². The highest BCUT2D eigenvalue weighted by Crippen LogP contribution is 2.16. The second-order valence-electron chi connectivity index (χ2n) is 4.75. The Kier molecular flexibility index (Phi) is 5.94. The topological polar surface area (TPSA) is 62.7 Å². The van der Waals surface area contributed by atoms with Gasteiger partial charge in [-0.3, -0.25) is 0 Å². The van der Waals surface area contributed by atoms with E-state index in [1.807, 2.05) is 13.8 Å². The fourth-order valence-corrected chi connectivity index (χ4v) is 2.32. The monoisotopic (exact) mass is 299 g/mol. The molecule has 1 aromatic heterocycles. The minimum atomic E-state index is -0.426. The van der Waals surface area contributed by atoms with Crippen LogP contribution >= 0.6 is 11.3 Å². The second kappa shape index (κ2) is 7.23. The third-order valence-corrected chi connectivity index (χ3v) is 3.43. The lowest BCUT2D eigenvalue weighted by molar-refractivity contribution is 0.0520. The van der Waals surface area contributed by atoms with Crippen LogP contribution in [-0.4, -0.2) is 53.5 Å². The molecule has 0 radical (unpaired) electrons. The Morgan fingerprint density at radius 1 is 1.40 bits per heavy atom. The van der Waals surface area contributed by atoms with Crippen LogP contribution in [-0.2, 0) is 11.3 Å². The lowest BCUT2D eigenvalue weighted by Crippen LogP contribution is -2.42. The smallest absolute Gasteiger partial charge is 0.357 e. The standard InChI is InChI=1S/C13H21N3O3S/c1-6-19-12(17)10-8-20-11(14-10)7-16(9(2)3)13(18)15(4)5/h8-9H,6-7H2,1-5H3. The molecule has 0 bridgehead atoms. The zero-order chi connectivity index (χ0) is 15.3. The average molecular weight is 299 g/mol. The van der Waals surface area contributed by atoms with Gasteiger partial charge in [0, 0.05) is 25.5 Å². The Morgan fingerprint density at radius 3 is 2.55 bits per heavy atom. The van der Waals surface area contributed by atoms with Gasteiger partial charge in [0.25, 0.3) is 0 Å². The van der Waals surface area contributed by atoms with Crippen molar-refractivity contribution >= 4 is 23.3 Å². The van der Waals surface area contributed by atoms with Gasteiger partial charge >= 0.3 is 12.0 Å². The van der Waals surface area contributed by atoms with Crippen LogP contribution in [0.4, 0.5) is 4.79 Å². The Morgan fingerprint density at radius 2 is 2.05 bits per heavy atom. The van der Waals surface area contributed by atoms with E-state index in [0.717, 1.165) is 5.01 Å². The lowest BCUT2D eigenvalue weighted by Gasteiger charge is -2.28. The quantitative estimate of drug-likeness (QED) is 0.782. The number of ether oxygens (including phenoxy) is 1. The van der Waals surface area contributed by atoms with Crippen LogP contribution in [0.2, 0.25) is 0 Å². The molecule has 0 N–H and O–H groups in total. The minimum Gasteiger partial charge on any atom is -0.461 e. The fraction of sp³-hybridized carbons (Fsp3) is 0.615. The lowest BCUT2D eigenvalue weighted by atomic mass is 10.3. The molecule has 6 nitrogen and oxygen atoms in total. The van der Waals surface area contributed by atoms with Crippen molar-refractivity contribution in [2.24, 2.45) is 0 Å². The molecule has 0 unspecified atom stereocenters. The highest BCUT2D eigenvalue weighted by molar-refractivity contribution is 7.09. The molecule has 7 heteroatoms. The molecule has 0 saturated carbocycles. The molecule has 0 aromatic carbocycles. The Labute approximate surface area is 123 Å². The molecule has 0 atom stereocenters. The summed E-state index contributed by atoms with van der Waals surface area (Å²) in [4.78, 5) is 31.1. The first-order chi connectivity index (χ1) is 9.36. The van der Waals surface area contributed by atoms with E-state index >= 15 is 0 Å². The highest BCUT2D eigenvalue weighted by atomic mass is 32.1. The number of nitrogens with zero attached hydrogens (tertiary/aromatic N) is 3. The normalized spacial score (nSPS) is 10.5. The molecular formula is C13H21N3O3S. The van der Waals surface area contributed by atoms with Crippen LogP contribution in [0.1, 0.15) is 36.3 Å². The summed E-state index contributed by atoms with van der Waals surface area (Å²) in [5, 5.41) is 2.38. The second-order valence-corrected chi connectivity index (χ2v) is 5.69. The molecule has 112 valence electrons. The van der Waals surface area contributed by atoms with Gasteiger partial charge in [0.2, 0.25) is 0 Å². The van der Waals surface area contributed by atoms with Crippen LogP contribution in [0.5, 0.6) is 0 Å². The maximum absolute atomic E-state index is 12.1. The Hall–Kier alpha value is -1.63. The van der Waals surface area contributed by atoms with Gasteiger partial charge in [-0.15, -0.1) is 11.3 Å². The van der Waals surface area contributed by atoms with Crippen LogP contribution in [0.3, 0.4) is 0 Å². The van der Waals surface area contributed by atoms with Crippen molar-refractivity contribution in [1.82, 2.24) is 14.8 Å². The summed E-state index contributed by atoms with van der Waals surface area (Å²) in [5.74, 6) is -0.426. The number of thiazole rings is 1. The van der Waals surface area contributed by atoms with Gasteiger partial charge in [-0.05, 0) is 20.8 Å². The zero-order valence-electron chi connectivity index (χ0n) is 12.5. The predicted molar refractivity (Wildman–Crippen MR) is 77.8 cm³/mol. The van der Waals surface area contributed by atoms with Crippen molar-refractivity contribution in [3.8, 4) is 0 Å². The Balaban J connectivity index is 2.80. The summed E-state index contributed by atoms with van der Waals surface area (Å²) in [6.07, 6.45) is 0. The first-order valence-electron chi connectivity index (χ1n) is 6.46. The molecule has 0 saturated heterocycles. The van der Waals surface area contributed by atoms with Gasteiger partial charge in [0.1, 0.15) is 5.01 Å². The molecular weight excluding hydrogens is 278 g/mol. The summed E-state index contributed by atoms with van der Waals surface area (Å²) in [7, 11) is 3.42. The van der Waals surface area contributed by atoms with Crippen LogP contribution in [0, 0.1) is 0 Å². The summed E-state index contributed by atoms with van der Waals surface area (Å²) in [6, 6.07) is -0.0206. The third kappa shape index (κ3) is 4.19. The van der Waals surface area contributed by atoms with E-state index in [4.69, 9.17) is 4.74 Å². The van der Waals surface area contributed by atoms with Gasteiger partial charge in [-0.1, -0.05) is 0 Å². The number of esters is 1. The fourth-order valence-electron chi connectivity index (χ4n) is 1.56. The molecule has 0 aliphatic carbocycles. The van der Waals surface area contributed by atoms with Gasteiger partial charge in [-0.2, -0.15) is 0 Å². The maximum Gasteiger partial charge on any atom is 0.357 e. The van der Waals surface area contributed by atoms with Gasteiger partial charge in [0.15, 0.2) is 5.69 Å². The number of hydrogen-bond donors (Lipinski definition) is 0. The predicted octanol–water partition coefficient (Wildman–Crippen LogP) is 2.21. The van der Waals surface area contributed by atoms with E-state index in [2.05, 4.69) is 4.98 Å². The molecule has 0 fully saturated rings. The first kappa shape index (κ1) is 16.4. The van der Waals surface area contributed by atoms with Crippen LogP contribution in [0.15, 0.2) is 5.38 Å². The van der Waals surface area contributed by atoms with Crippen molar-refractivity contribution in [2.45, 2.75) is 33.4 Å². The largest absolute Gasteiger partial charge is 0.461 e. The maximum atomic E-state index is 12.1. The first-order valence-corrected chi connectivity index (χ1v) is 7.34. The SMILES string of the molecule is CCOC(=O)c1csc(CN(C(=O)N(C)C)C(C)C)n1. The summed E-state index contributed by atoms with van der Waals surface area (Å²) >= 11 is 1.35. The van der Waals surface area contributed by atoms with E-state index in [-0.39, 0.29) is 12.1 Å². The van der Waals surface area contributed by atoms with Crippen molar-refractivity contribution in [3.63, 3.8) is 0 Å². The molecule has 1 aromatic rings. The van der Waals surface area contributed by atoms with Crippen molar-refractivity contribution in [1.29, 1.82) is 0 Å². The van der Waals surface area contributed by atoms with E-state index in [9.17, 15) is 9.59 Å². The summed E-state index contributed by atoms with van der Waals surface area (Å²) in [5.41, 5.74) is 0.299. The van der Waals surface area contributed by atoms with Gasteiger partial charge < -0.3 is 14.5 Å². The number of urea groups is 1. The summed E-state index contributed by atoms with van der Waals surface area (Å²) < 4.78 is 4.90. The van der Waals surface area contributed by atoms with Crippen molar-refractivity contribution < 1.29 is 14.3 Å². The third-order valence-electron chi connectivity index (χ3n) is 2.59. The zero-order valence-corrected chi connectivity index (χ0v) is 13.4. The minimum absolute atomic E-state index is 0.0554. The highest BCUT2D eigenvalue weighted by Gasteiger charge is 2.21. The number of hydrogen-bond acceptors (Lipinski definition) is 5. The van der Waals surface area contributed by atoms with Crippen LogP contribution in [0.25, 0.3) is 0 Å². The van der Waals surface area contributed by atoms with Crippen molar-refractivity contribution in [2.75, 3.05) is 20.7 Å². The molecule has 20 heavy (non-hydrogen) atoms. The number of carbonyl (C=O) groups excluding carboxylic acids is 2. The number of aromatic nitrogens is 1. The van der Waals surface area contributed by atoms with E-state index < -0.39 is 5.97 Å². The van der Waals surface area contributed by atoms with E-state index in [1.54, 1.807) is 31.3 Å². The number of rotatable bonds is 5. The molecule has 1 heterocycles. The average Bonchev–Trinajstić information content (AvgIpc) is 2.83. The number of amides is 2. The summed E-state index contributed by atoms with van der Waals surface area (Å²) in [6.45, 7) is 6.35. The van der Waals surface area contributed by atoms with Crippen LogP contribution < -0.4 is 0 Å². The molecule has 0 aliphatic rings.